The Morgan fingerprint density at radius 1 is 0.857 bits per heavy atom. The number of hydrogen-bond donors (Lipinski definition) is 4. The van der Waals surface area contributed by atoms with E-state index in [0.29, 0.717) is 34.9 Å². The van der Waals surface area contributed by atoms with Crippen molar-refractivity contribution in [2.24, 2.45) is 5.41 Å². The monoisotopic (exact) mass is 697 g/mol. The molecule has 0 unspecified atom stereocenters. The molecule has 0 atom stereocenters. The molecule has 3 aromatic carbocycles. The van der Waals surface area contributed by atoms with Gasteiger partial charge < -0.3 is 30.7 Å². The number of aromatic nitrogens is 3. The highest BCUT2D eigenvalue weighted by atomic mass is 35.5. The van der Waals surface area contributed by atoms with Crippen molar-refractivity contribution >= 4 is 41.0 Å². The van der Waals surface area contributed by atoms with Gasteiger partial charge in [-0.15, -0.1) is 13.2 Å². The fourth-order valence-electron chi connectivity index (χ4n) is 4.74. The number of carbonyl (C=O) groups is 2. The number of amides is 2. The van der Waals surface area contributed by atoms with Gasteiger partial charge in [-0.1, -0.05) is 49.7 Å². The van der Waals surface area contributed by atoms with E-state index >= 15 is 0 Å². The van der Waals surface area contributed by atoms with Gasteiger partial charge in [0.05, 0.1) is 5.54 Å². The standard InChI is InChI=1S/C34H35ClF3N7O4/c1-21(46)39-19-32(2,3)20-40-28(47)23-6-12-26(13-7-23)41-29-42-30(45-33(16-17-33)24-8-10-25(35)11-9-24)44-31(43-29)48-18-22-4-14-27(15-5-22)49-34(36,37)38/h4-15H,16-20H2,1-3H3,(H,39,46)(H,40,47)(H2,41,42,43,44,45). The summed E-state index contributed by atoms with van der Waals surface area (Å²) >= 11 is 6.09. The maximum atomic E-state index is 12.8. The van der Waals surface area contributed by atoms with Gasteiger partial charge in [0.2, 0.25) is 17.8 Å². The van der Waals surface area contributed by atoms with Gasteiger partial charge in [0.25, 0.3) is 5.91 Å². The van der Waals surface area contributed by atoms with Crippen LogP contribution in [-0.4, -0.2) is 46.2 Å². The Bertz CT molecular complexity index is 1770. The van der Waals surface area contributed by atoms with Gasteiger partial charge in [0.1, 0.15) is 12.4 Å². The summed E-state index contributed by atoms with van der Waals surface area (Å²) < 4.78 is 47.4. The molecule has 1 aliphatic carbocycles. The number of ether oxygens (including phenoxy) is 2. The van der Waals surface area contributed by atoms with Crippen LogP contribution in [0.25, 0.3) is 0 Å². The summed E-state index contributed by atoms with van der Waals surface area (Å²) in [6.45, 7) is 6.07. The first-order valence-corrected chi connectivity index (χ1v) is 15.7. The average molecular weight is 698 g/mol. The average Bonchev–Trinajstić information content (AvgIpc) is 3.82. The van der Waals surface area contributed by atoms with Crippen LogP contribution in [0, 0.1) is 5.41 Å². The fraction of sp³-hybridized carbons (Fsp3) is 0.324. The van der Waals surface area contributed by atoms with Gasteiger partial charge in [0, 0.05) is 36.3 Å². The minimum absolute atomic E-state index is 0.0274. The molecule has 49 heavy (non-hydrogen) atoms. The maximum absolute atomic E-state index is 12.8. The lowest BCUT2D eigenvalue weighted by molar-refractivity contribution is -0.274. The highest BCUT2D eigenvalue weighted by molar-refractivity contribution is 6.30. The molecular formula is C34H35ClF3N7O4. The highest BCUT2D eigenvalue weighted by Gasteiger charge is 2.45. The fourth-order valence-corrected chi connectivity index (χ4v) is 4.87. The molecule has 1 aromatic heterocycles. The number of carbonyl (C=O) groups excluding carboxylic acids is 2. The Labute approximate surface area is 286 Å². The van der Waals surface area contributed by atoms with Crippen LogP contribution in [0.2, 0.25) is 5.02 Å². The van der Waals surface area contributed by atoms with Crippen LogP contribution in [0.5, 0.6) is 11.8 Å². The first-order chi connectivity index (χ1) is 23.2. The van der Waals surface area contributed by atoms with Gasteiger partial charge >= 0.3 is 12.4 Å². The van der Waals surface area contributed by atoms with Crippen LogP contribution >= 0.6 is 11.6 Å². The van der Waals surface area contributed by atoms with Crippen molar-refractivity contribution in [3.05, 3.63) is 94.5 Å². The topological polar surface area (TPSA) is 139 Å². The van der Waals surface area contributed by atoms with Crippen LogP contribution in [-0.2, 0) is 16.9 Å². The van der Waals surface area contributed by atoms with E-state index in [0.717, 1.165) is 18.4 Å². The van der Waals surface area contributed by atoms with E-state index in [4.69, 9.17) is 16.3 Å². The molecule has 0 saturated heterocycles. The second-order valence-electron chi connectivity index (χ2n) is 12.4. The minimum Gasteiger partial charge on any atom is -0.458 e. The zero-order chi connectivity index (χ0) is 35.2. The summed E-state index contributed by atoms with van der Waals surface area (Å²) in [4.78, 5) is 37.5. The Balaban J connectivity index is 1.30. The van der Waals surface area contributed by atoms with Crippen LogP contribution in [0.4, 0.5) is 30.8 Å². The minimum atomic E-state index is -4.79. The number of benzene rings is 3. The summed E-state index contributed by atoms with van der Waals surface area (Å²) in [5.74, 6) is -0.346. The van der Waals surface area contributed by atoms with Crippen LogP contribution in [0.1, 0.15) is 55.1 Å². The maximum Gasteiger partial charge on any atom is 0.573 e. The van der Waals surface area contributed by atoms with Crippen molar-refractivity contribution in [2.75, 3.05) is 23.7 Å². The molecule has 4 aromatic rings. The van der Waals surface area contributed by atoms with Gasteiger partial charge in [0.15, 0.2) is 0 Å². The predicted octanol–water partition coefficient (Wildman–Crippen LogP) is 6.74. The number of halogens is 4. The molecule has 258 valence electrons. The molecular weight excluding hydrogens is 663 g/mol. The molecule has 4 N–H and O–H groups in total. The summed E-state index contributed by atoms with van der Waals surface area (Å²) in [5.41, 5.74) is 1.86. The van der Waals surface area contributed by atoms with Gasteiger partial charge in [-0.25, -0.2) is 0 Å². The largest absolute Gasteiger partial charge is 0.573 e. The van der Waals surface area contributed by atoms with Gasteiger partial charge in [-0.05, 0) is 77.9 Å². The third-order valence-corrected chi connectivity index (χ3v) is 7.84. The molecule has 1 saturated carbocycles. The molecule has 2 amide bonds. The highest BCUT2D eigenvalue weighted by Crippen LogP contribution is 2.48. The Morgan fingerprint density at radius 3 is 2.10 bits per heavy atom. The van der Waals surface area contributed by atoms with E-state index in [2.05, 4.69) is 41.0 Å². The molecule has 5 rings (SSSR count). The zero-order valence-electron chi connectivity index (χ0n) is 27.0. The van der Waals surface area contributed by atoms with E-state index in [1.807, 2.05) is 38.1 Å². The molecule has 0 spiro atoms. The second-order valence-corrected chi connectivity index (χ2v) is 12.9. The predicted molar refractivity (Wildman–Crippen MR) is 178 cm³/mol. The Morgan fingerprint density at radius 2 is 1.49 bits per heavy atom. The Kier molecular flexibility index (Phi) is 10.5. The molecule has 1 heterocycles. The lowest BCUT2D eigenvalue weighted by Crippen LogP contribution is -2.41. The number of nitrogens with zero attached hydrogens (tertiary/aromatic N) is 3. The van der Waals surface area contributed by atoms with E-state index in [9.17, 15) is 22.8 Å². The summed E-state index contributed by atoms with van der Waals surface area (Å²) in [5, 5.41) is 12.8. The van der Waals surface area contributed by atoms with Crippen molar-refractivity contribution in [1.29, 1.82) is 0 Å². The Hall–Kier alpha value is -5.11. The molecule has 15 heteroatoms. The lowest BCUT2D eigenvalue weighted by atomic mass is 9.93. The number of nitrogens with one attached hydrogen (secondary N) is 4. The molecule has 11 nitrogen and oxygen atoms in total. The molecule has 1 fully saturated rings. The van der Waals surface area contributed by atoms with Crippen LogP contribution in [0.3, 0.4) is 0 Å². The van der Waals surface area contributed by atoms with E-state index in [1.165, 1.54) is 31.2 Å². The number of rotatable bonds is 14. The van der Waals surface area contributed by atoms with Crippen LogP contribution in [0.15, 0.2) is 72.8 Å². The quantitative estimate of drug-likeness (QED) is 0.113. The SMILES string of the molecule is CC(=O)NCC(C)(C)CNC(=O)c1ccc(Nc2nc(NC3(c4ccc(Cl)cc4)CC3)nc(OCc3ccc(OC(F)(F)F)cc3)n2)cc1. The van der Waals surface area contributed by atoms with Gasteiger partial charge in [-0.3, -0.25) is 9.59 Å². The van der Waals surface area contributed by atoms with Crippen molar-refractivity contribution < 1.29 is 32.2 Å². The molecule has 0 bridgehead atoms. The lowest BCUT2D eigenvalue weighted by Gasteiger charge is -2.25. The first kappa shape index (κ1) is 35.2. The van der Waals surface area contributed by atoms with Crippen molar-refractivity contribution in [2.45, 2.75) is 52.1 Å². The normalized spacial score (nSPS) is 13.6. The number of hydrogen-bond acceptors (Lipinski definition) is 9. The van der Waals surface area contributed by atoms with Crippen molar-refractivity contribution in [3.8, 4) is 11.8 Å². The van der Waals surface area contributed by atoms with E-state index in [-0.39, 0.29) is 47.5 Å². The summed E-state index contributed by atoms with van der Waals surface area (Å²) in [7, 11) is 0. The third-order valence-electron chi connectivity index (χ3n) is 7.58. The zero-order valence-corrected chi connectivity index (χ0v) is 27.7. The van der Waals surface area contributed by atoms with Crippen molar-refractivity contribution in [3.63, 3.8) is 0 Å². The molecule has 1 aliphatic rings. The third kappa shape index (κ3) is 10.4. The van der Waals surface area contributed by atoms with Crippen molar-refractivity contribution in [1.82, 2.24) is 25.6 Å². The van der Waals surface area contributed by atoms with Crippen LogP contribution < -0.4 is 30.7 Å². The number of alkyl halides is 3. The molecule has 0 aliphatic heterocycles. The van der Waals surface area contributed by atoms with E-state index in [1.54, 1.807) is 24.3 Å². The first-order valence-electron chi connectivity index (χ1n) is 15.3. The second kappa shape index (κ2) is 14.6. The smallest absolute Gasteiger partial charge is 0.458 e. The summed E-state index contributed by atoms with van der Waals surface area (Å²) in [6.07, 6.45) is -3.13. The number of anilines is 3. The van der Waals surface area contributed by atoms with E-state index < -0.39 is 11.9 Å². The summed E-state index contributed by atoms with van der Waals surface area (Å²) in [6, 6.07) is 19.5. The molecule has 0 radical (unpaired) electrons. The van der Waals surface area contributed by atoms with Gasteiger partial charge in [-0.2, -0.15) is 15.0 Å².